The zero-order valence-electron chi connectivity index (χ0n) is 16.1. The summed E-state index contributed by atoms with van der Waals surface area (Å²) in [6, 6.07) is 12.7. The number of carbonyl (C=O) groups is 4. The molecule has 1 N–H and O–H groups in total. The van der Waals surface area contributed by atoms with Gasteiger partial charge in [0.1, 0.15) is 0 Å². The molecule has 0 aromatic heterocycles. The van der Waals surface area contributed by atoms with E-state index < -0.39 is 18.5 Å². The molecule has 2 aromatic carbocycles. The molecule has 0 aliphatic heterocycles. The number of nitrogens with zero attached hydrogens (tertiary/aromatic N) is 1. The summed E-state index contributed by atoms with van der Waals surface area (Å²) in [4.78, 5) is 48.9. The van der Waals surface area contributed by atoms with Crippen molar-refractivity contribution < 1.29 is 23.9 Å². The highest BCUT2D eigenvalue weighted by molar-refractivity contribution is 6.30. The molecule has 0 saturated heterocycles. The fourth-order valence-corrected chi connectivity index (χ4v) is 2.49. The Morgan fingerprint density at radius 2 is 1.48 bits per heavy atom. The van der Waals surface area contributed by atoms with Crippen molar-refractivity contribution in [2.45, 2.75) is 12.8 Å². The summed E-state index contributed by atoms with van der Waals surface area (Å²) in [5, 5.41) is 3.09. The third-order valence-corrected chi connectivity index (χ3v) is 4.16. The van der Waals surface area contributed by atoms with Gasteiger partial charge in [-0.1, -0.05) is 11.6 Å². The molecule has 0 saturated carbocycles. The summed E-state index contributed by atoms with van der Waals surface area (Å²) < 4.78 is 4.89. The average Bonchev–Trinajstić information content (AvgIpc) is 2.71. The quantitative estimate of drug-likeness (QED) is 0.527. The first-order chi connectivity index (χ1) is 13.8. The van der Waals surface area contributed by atoms with Crippen molar-refractivity contribution in [2.75, 3.05) is 26.0 Å². The minimum Gasteiger partial charge on any atom is -0.456 e. The molecule has 0 radical (unpaired) electrons. The van der Waals surface area contributed by atoms with Gasteiger partial charge in [0.05, 0.1) is 6.42 Å². The predicted molar refractivity (Wildman–Crippen MR) is 109 cm³/mol. The van der Waals surface area contributed by atoms with E-state index in [1.165, 1.54) is 4.90 Å². The maximum Gasteiger partial charge on any atom is 0.306 e. The molecule has 2 rings (SSSR count). The lowest BCUT2D eigenvalue weighted by Crippen LogP contribution is -2.22. The van der Waals surface area contributed by atoms with Crippen LogP contribution in [-0.2, 0) is 14.3 Å². The number of nitrogens with one attached hydrogen (secondary N) is 1. The van der Waals surface area contributed by atoms with Crippen LogP contribution < -0.4 is 5.32 Å². The fourth-order valence-electron chi connectivity index (χ4n) is 2.37. The first-order valence-corrected chi connectivity index (χ1v) is 9.20. The molecule has 0 aliphatic rings. The molecule has 0 spiro atoms. The van der Waals surface area contributed by atoms with Crippen molar-refractivity contribution in [3.05, 3.63) is 64.7 Å². The SMILES string of the molecule is CN(C)C(=O)c1ccc(NC(=O)COC(=O)CCC(=O)c2ccc(Cl)cc2)cc1. The lowest BCUT2D eigenvalue weighted by atomic mass is 10.1. The van der Waals surface area contributed by atoms with E-state index in [4.69, 9.17) is 16.3 Å². The third-order valence-electron chi connectivity index (χ3n) is 3.91. The minimum absolute atomic E-state index is 0.0244. The number of carbonyl (C=O) groups excluding carboxylic acids is 4. The van der Waals surface area contributed by atoms with Gasteiger partial charge in [-0.05, 0) is 48.5 Å². The Bertz CT molecular complexity index is 892. The normalized spacial score (nSPS) is 10.2. The van der Waals surface area contributed by atoms with Gasteiger partial charge in [-0.15, -0.1) is 0 Å². The Hall–Kier alpha value is -3.19. The molecule has 152 valence electrons. The van der Waals surface area contributed by atoms with Crippen LogP contribution in [0.5, 0.6) is 0 Å². The molecule has 0 atom stereocenters. The molecule has 2 aromatic rings. The van der Waals surface area contributed by atoms with Crippen LogP contribution in [0.1, 0.15) is 33.6 Å². The molecule has 0 unspecified atom stereocenters. The number of anilines is 1. The second-order valence-electron chi connectivity index (χ2n) is 6.42. The number of ether oxygens (including phenoxy) is 1. The molecular weight excluding hydrogens is 396 g/mol. The Balaban J connectivity index is 1.74. The molecule has 2 amide bonds. The van der Waals surface area contributed by atoms with Crippen LogP contribution in [-0.4, -0.2) is 49.2 Å². The number of hydrogen-bond donors (Lipinski definition) is 1. The molecular formula is C21H21ClN2O5. The Kier molecular flexibility index (Phi) is 7.91. The molecule has 8 heteroatoms. The second kappa shape index (κ2) is 10.4. The number of esters is 1. The zero-order chi connectivity index (χ0) is 21.4. The van der Waals surface area contributed by atoms with E-state index in [9.17, 15) is 19.2 Å². The summed E-state index contributed by atoms with van der Waals surface area (Å²) in [6.45, 7) is -0.466. The van der Waals surface area contributed by atoms with Gasteiger partial charge in [-0.2, -0.15) is 0 Å². The van der Waals surface area contributed by atoms with Crippen LogP contribution in [0.3, 0.4) is 0 Å². The first-order valence-electron chi connectivity index (χ1n) is 8.82. The Labute approximate surface area is 173 Å². The van der Waals surface area contributed by atoms with Gasteiger partial charge >= 0.3 is 5.97 Å². The van der Waals surface area contributed by atoms with Crippen molar-refractivity contribution in [3.8, 4) is 0 Å². The first kappa shape index (κ1) is 22.1. The summed E-state index contributed by atoms with van der Waals surface area (Å²) in [5.74, 6) is -1.52. The van der Waals surface area contributed by atoms with E-state index in [1.54, 1.807) is 62.6 Å². The van der Waals surface area contributed by atoms with Crippen molar-refractivity contribution in [2.24, 2.45) is 0 Å². The van der Waals surface area contributed by atoms with Crippen LogP contribution in [0.25, 0.3) is 0 Å². The van der Waals surface area contributed by atoms with Gasteiger partial charge in [0.15, 0.2) is 12.4 Å². The van der Waals surface area contributed by atoms with Crippen LogP contribution >= 0.6 is 11.6 Å². The van der Waals surface area contributed by atoms with E-state index in [0.717, 1.165) is 0 Å². The summed E-state index contributed by atoms with van der Waals surface area (Å²) in [7, 11) is 3.30. The maximum absolute atomic E-state index is 12.0. The minimum atomic E-state index is -0.644. The molecule has 0 heterocycles. The highest BCUT2D eigenvalue weighted by Gasteiger charge is 2.13. The standard InChI is InChI=1S/C21H21ClN2O5/c1-24(2)21(28)15-5-9-17(10-6-15)23-19(26)13-29-20(27)12-11-18(25)14-3-7-16(22)8-4-14/h3-10H,11-13H2,1-2H3,(H,23,26). The van der Waals surface area contributed by atoms with Gasteiger partial charge in [-0.25, -0.2) is 0 Å². The average molecular weight is 417 g/mol. The van der Waals surface area contributed by atoms with Crippen molar-refractivity contribution >= 4 is 40.9 Å². The van der Waals surface area contributed by atoms with Gasteiger partial charge in [0.25, 0.3) is 11.8 Å². The van der Waals surface area contributed by atoms with Crippen LogP contribution in [0.2, 0.25) is 5.02 Å². The highest BCUT2D eigenvalue weighted by atomic mass is 35.5. The number of rotatable bonds is 8. The lowest BCUT2D eigenvalue weighted by Gasteiger charge is -2.11. The van der Waals surface area contributed by atoms with Crippen molar-refractivity contribution in [1.82, 2.24) is 4.90 Å². The van der Waals surface area contributed by atoms with Gasteiger partial charge in [0.2, 0.25) is 0 Å². The molecule has 7 nitrogen and oxygen atoms in total. The van der Waals surface area contributed by atoms with Crippen LogP contribution in [0.15, 0.2) is 48.5 Å². The van der Waals surface area contributed by atoms with E-state index in [-0.39, 0.29) is 24.5 Å². The van der Waals surface area contributed by atoms with Crippen LogP contribution in [0.4, 0.5) is 5.69 Å². The van der Waals surface area contributed by atoms with Crippen molar-refractivity contribution in [1.29, 1.82) is 0 Å². The monoisotopic (exact) mass is 416 g/mol. The highest BCUT2D eigenvalue weighted by Crippen LogP contribution is 2.13. The smallest absolute Gasteiger partial charge is 0.306 e. The number of benzene rings is 2. The molecule has 0 fully saturated rings. The summed E-state index contributed by atoms with van der Waals surface area (Å²) in [6.07, 6.45) is -0.153. The largest absolute Gasteiger partial charge is 0.456 e. The van der Waals surface area contributed by atoms with E-state index >= 15 is 0 Å². The number of hydrogen-bond acceptors (Lipinski definition) is 5. The molecule has 0 bridgehead atoms. The third kappa shape index (κ3) is 7.04. The number of Topliss-reactive ketones (excluding diaryl/α,β-unsaturated/α-hetero) is 1. The summed E-state index contributed by atoms with van der Waals surface area (Å²) in [5.41, 5.74) is 1.42. The van der Waals surface area contributed by atoms with Gasteiger partial charge in [0, 0.05) is 42.4 Å². The topological polar surface area (TPSA) is 92.8 Å². The second-order valence-corrected chi connectivity index (χ2v) is 6.85. The molecule has 0 aliphatic carbocycles. The van der Waals surface area contributed by atoms with Crippen LogP contribution in [0, 0.1) is 0 Å². The van der Waals surface area contributed by atoms with E-state index in [1.807, 2.05) is 0 Å². The number of amides is 2. The predicted octanol–water partition coefficient (Wildman–Crippen LogP) is 3.19. The Morgan fingerprint density at radius 3 is 2.07 bits per heavy atom. The van der Waals surface area contributed by atoms with Gasteiger partial charge < -0.3 is 15.0 Å². The zero-order valence-corrected chi connectivity index (χ0v) is 16.9. The van der Waals surface area contributed by atoms with Gasteiger partial charge in [-0.3, -0.25) is 19.2 Å². The van der Waals surface area contributed by atoms with E-state index in [0.29, 0.717) is 21.8 Å². The van der Waals surface area contributed by atoms with E-state index in [2.05, 4.69) is 5.32 Å². The number of halogens is 1. The summed E-state index contributed by atoms with van der Waals surface area (Å²) >= 11 is 5.77. The molecule has 29 heavy (non-hydrogen) atoms. The van der Waals surface area contributed by atoms with Crippen molar-refractivity contribution in [3.63, 3.8) is 0 Å². The number of ketones is 1. The fraction of sp³-hybridized carbons (Fsp3) is 0.238. The Morgan fingerprint density at radius 1 is 0.897 bits per heavy atom. The maximum atomic E-state index is 12.0. The lowest BCUT2D eigenvalue weighted by molar-refractivity contribution is -0.147.